The third kappa shape index (κ3) is 35.6. The van der Waals surface area contributed by atoms with Gasteiger partial charge < -0.3 is 137 Å². The van der Waals surface area contributed by atoms with E-state index >= 15 is 14.4 Å². The van der Waals surface area contributed by atoms with Crippen LogP contribution in [0.4, 0.5) is 0 Å². The van der Waals surface area contributed by atoms with Crippen LogP contribution in [-0.4, -0.2) is 286 Å². The molecule has 0 aliphatic heterocycles. The van der Waals surface area contributed by atoms with Gasteiger partial charge >= 0.3 is 17.9 Å². The summed E-state index contributed by atoms with van der Waals surface area (Å²) < 4.78 is 0. The number of hydrogen-bond donors (Lipinski definition) is 28. The number of benzene rings is 4. The number of carbonyl (C=O) groups is 21. The van der Waals surface area contributed by atoms with Crippen molar-refractivity contribution >= 4 is 171 Å². The standard InChI is InChI=1S/C85H106N22O26S2/c1-42(108)73(85(133)104-57(74(122)94-35-66(87)112)26-44-10-4-3-5-11-44)107-82(130)61(30-48-34-88-41-95-48)102-80(128)60(29-47-33-91-53-15-9-7-13-51(47)53)100-78(126)58(27-45-16-18-49(110)19-17-45)99-84(132)64(40-135)106-77(125)56(22-25-72(120)121)97-79(127)59(28-46-32-90-52-14-8-6-12-50(46)52)101-81(129)62(31-65(86)111)103-76(124)55(21-24-71(118)119)98-83(131)63(39-134)105-75(123)54(20-23-70(116)117)96-69(115)38-93-68(114)37-92-67(113)36-89-43(2)109/h3-19,32-34,41-42,54-64,73,90-91,108,110,134-135H,20-31,35-40H2,1-2H3,(H2,86,111)(H2,87,112)(H,88,95)(H,89,109)(H,92,113)(H,93,114)(H,94,122)(H,96,115)(H,97,127)(H,98,131)(H,99,132)(H,100,126)(H,101,129)(H,102,128)(H,103,124)(H,104,133)(H,105,123)(H,106,125)(H,107,130)(H,116,117)(H,118,119)(H,120,121)/t42-,54+,55+,56+,57+,58+,59+,60+,61+,62+,63+,64+,73+/m1/s1. The van der Waals surface area contributed by atoms with Crippen molar-refractivity contribution in [3.63, 3.8) is 0 Å². The molecule has 7 aromatic rings. The van der Waals surface area contributed by atoms with Crippen LogP contribution in [0.5, 0.6) is 5.75 Å². The van der Waals surface area contributed by atoms with Gasteiger partial charge in [-0.3, -0.25) is 101 Å². The maximum Gasteiger partial charge on any atom is 0.303 e. The molecule has 4 aromatic carbocycles. The van der Waals surface area contributed by atoms with Crippen molar-refractivity contribution in [1.82, 2.24) is 105 Å². The zero-order valence-electron chi connectivity index (χ0n) is 72.7. The van der Waals surface area contributed by atoms with Crippen LogP contribution in [-0.2, 0) is 133 Å². The molecule has 48 nitrogen and oxygen atoms in total. The number of nitrogens with zero attached hydrogens (tertiary/aromatic N) is 1. The van der Waals surface area contributed by atoms with Crippen molar-refractivity contribution in [2.75, 3.05) is 37.7 Å². The number of thiol groups is 2. The number of rotatable bonds is 56. The maximum absolute atomic E-state index is 15.3. The molecule has 50 heteroatoms. The van der Waals surface area contributed by atoms with Crippen LogP contribution in [0.15, 0.2) is 128 Å². The molecule has 0 saturated carbocycles. The zero-order chi connectivity index (χ0) is 99.1. The lowest BCUT2D eigenvalue weighted by Crippen LogP contribution is -2.62. The molecule has 0 fully saturated rings. The Bertz CT molecular complexity index is 5430. The minimum Gasteiger partial charge on any atom is -0.508 e. The average Bonchev–Trinajstić information content (AvgIpc) is 1.69. The van der Waals surface area contributed by atoms with E-state index in [1.54, 1.807) is 85.1 Å². The van der Waals surface area contributed by atoms with Crippen LogP contribution in [0, 0.1) is 0 Å². The zero-order valence-corrected chi connectivity index (χ0v) is 74.5. The van der Waals surface area contributed by atoms with Gasteiger partial charge in [0, 0.05) is 116 Å². The molecule has 0 spiro atoms. The Balaban J connectivity index is 1.13. The number of carbonyl (C=O) groups excluding carboxylic acids is 18. The fourth-order valence-electron chi connectivity index (χ4n) is 13.4. The number of carboxylic acids is 3. The summed E-state index contributed by atoms with van der Waals surface area (Å²) in [7, 11) is 0. The Hall–Kier alpha value is -15.5. The second-order valence-corrected chi connectivity index (χ2v) is 31.6. The van der Waals surface area contributed by atoms with Crippen molar-refractivity contribution in [2.45, 2.75) is 170 Å². The number of phenols is 1. The predicted octanol–water partition coefficient (Wildman–Crippen LogP) is -6.91. The van der Waals surface area contributed by atoms with E-state index in [0.29, 0.717) is 38.5 Å². The molecule has 18 amide bonds. The second kappa shape index (κ2) is 53.1. The van der Waals surface area contributed by atoms with Gasteiger partial charge in [0.2, 0.25) is 106 Å². The van der Waals surface area contributed by atoms with Gasteiger partial charge in [-0.1, -0.05) is 78.9 Å². The quantitative estimate of drug-likeness (QED) is 0.0158. The number of nitrogens with one attached hydrogen (secondary N) is 19. The number of carboxylic acid groups (broad SMARTS) is 3. The number of H-pyrrole nitrogens is 3. The lowest BCUT2D eigenvalue weighted by Gasteiger charge is -2.28. The molecule has 13 atom stereocenters. The first-order valence-corrected chi connectivity index (χ1v) is 43.1. The van der Waals surface area contributed by atoms with Gasteiger partial charge in [-0.05, 0) is 72.7 Å². The van der Waals surface area contributed by atoms with E-state index in [2.05, 4.69) is 130 Å². The lowest BCUT2D eigenvalue weighted by molar-refractivity contribution is -0.139. The van der Waals surface area contributed by atoms with E-state index in [1.165, 1.54) is 43.0 Å². The van der Waals surface area contributed by atoms with Gasteiger partial charge in [-0.15, -0.1) is 0 Å². The van der Waals surface area contributed by atoms with Gasteiger partial charge in [-0.2, -0.15) is 25.3 Å². The van der Waals surface area contributed by atoms with E-state index in [-0.39, 0.29) is 29.8 Å². The second-order valence-electron chi connectivity index (χ2n) is 30.9. The van der Waals surface area contributed by atoms with Gasteiger partial charge in [0.05, 0.1) is 45.0 Å². The molecule has 0 bridgehead atoms. The number of phenolic OH excluding ortho intramolecular Hbond substituents is 1. The Labute approximate surface area is 779 Å². The number of hydrogen-bond acceptors (Lipinski definition) is 26. The Morgan fingerprint density at radius 2 is 0.733 bits per heavy atom. The predicted molar refractivity (Wildman–Crippen MR) is 482 cm³/mol. The monoisotopic (exact) mass is 1910 g/mol. The average molecular weight is 1920 g/mol. The molecule has 3 aromatic heterocycles. The minimum atomic E-state index is -2.13. The Morgan fingerprint density at radius 1 is 0.370 bits per heavy atom. The van der Waals surface area contributed by atoms with Crippen LogP contribution in [0.2, 0.25) is 0 Å². The van der Waals surface area contributed by atoms with E-state index in [0.717, 1.165) is 13.8 Å². The highest BCUT2D eigenvalue weighted by Crippen LogP contribution is 2.23. The van der Waals surface area contributed by atoms with Gasteiger partial charge in [0.15, 0.2) is 0 Å². The van der Waals surface area contributed by atoms with Crippen molar-refractivity contribution in [1.29, 1.82) is 0 Å². The fourth-order valence-corrected chi connectivity index (χ4v) is 13.9. The molecule has 7 rings (SSSR count). The normalized spacial score (nSPS) is 13.9. The lowest BCUT2D eigenvalue weighted by atomic mass is 10.0. The van der Waals surface area contributed by atoms with E-state index in [1.807, 2.05) is 0 Å². The molecule has 0 saturated heterocycles. The first-order valence-electron chi connectivity index (χ1n) is 41.9. The number of para-hydroxylation sites is 2. The molecule has 724 valence electrons. The van der Waals surface area contributed by atoms with Gasteiger partial charge in [-0.25, -0.2) is 4.98 Å². The summed E-state index contributed by atoms with van der Waals surface area (Å²) in [5.74, 6) is -25.7. The number of aromatic nitrogens is 4. The van der Waals surface area contributed by atoms with Crippen LogP contribution >= 0.6 is 25.3 Å². The van der Waals surface area contributed by atoms with Crippen molar-refractivity contribution in [3.8, 4) is 5.75 Å². The topological polar surface area (TPSA) is 764 Å². The summed E-state index contributed by atoms with van der Waals surface area (Å²) >= 11 is 8.46. The largest absolute Gasteiger partial charge is 0.508 e. The Kier molecular flexibility index (Phi) is 41.9. The molecule has 0 aliphatic rings. The smallest absolute Gasteiger partial charge is 0.303 e. The van der Waals surface area contributed by atoms with Crippen LogP contribution in [0.25, 0.3) is 21.8 Å². The summed E-state index contributed by atoms with van der Waals surface area (Å²) in [6.07, 6.45) is -3.77. The number of aliphatic hydroxyl groups excluding tert-OH is 1. The molecule has 0 radical (unpaired) electrons. The molecule has 135 heavy (non-hydrogen) atoms. The first kappa shape index (κ1) is 107. The molecule has 3 heterocycles. The summed E-state index contributed by atoms with van der Waals surface area (Å²) in [5.41, 5.74) is 13.7. The number of fused-ring (bicyclic) bond motifs is 2. The summed E-state index contributed by atoms with van der Waals surface area (Å²) in [6, 6.07) is 5.18. The van der Waals surface area contributed by atoms with Crippen LogP contribution in [0.3, 0.4) is 0 Å². The van der Waals surface area contributed by atoms with Gasteiger partial charge in [0.25, 0.3) is 0 Å². The van der Waals surface area contributed by atoms with E-state index < -0.39 is 305 Å². The third-order valence-corrected chi connectivity index (χ3v) is 21.1. The molecular weight excluding hydrogens is 1810 g/mol. The highest BCUT2D eigenvalue weighted by Gasteiger charge is 2.40. The molecular formula is C85H106N22O26S2. The number of aromatic hydroxyl groups is 1. The first-order chi connectivity index (χ1) is 64.2. The number of nitrogens with two attached hydrogens (primary N) is 2. The summed E-state index contributed by atoms with van der Waals surface area (Å²) in [5, 5.41) is 89.5. The number of imidazole rings is 1. The maximum atomic E-state index is 15.3. The van der Waals surface area contributed by atoms with Crippen molar-refractivity contribution in [3.05, 3.63) is 156 Å². The number of aromatic amines is 3. The van der Waals surface area contributed by atoms with Crippen molar-refractivity contribution in [2.24, 2.45) is 11.5 Å². The molecule has 28 N–H and O–H groups in total. The van der Waals surface area contributed by atoms with E-state index in [4.69, 9.17) is 11.5 Å². The number of primary amides is 2. The van der Waals surface area contributed by atoms with Crippen molar-refractivity contribution < 1.29 is 126 Å². The SMILES string of the molecule is CC(=O)NCC(=O)NCC(=O)NCC(=O)N[C@@H](CCC(=O)O)C(=O)N[C@@H](CS)C(=O)N[C@@H](CCC(=O)O)C(=O)N[C@@H](CC(N)=O)C(=O)N[C@@H](Cc1c[nH]c2ccccc12)C(=O)N[C@@H](CCC(=O)O)C(=O)N[C@@H](CS)C(=O)N[C@@H](Cc1ccc(O)cc1)C(=O)N[C@@H](Cc1c[nH]c2ccccc12)C(=O)N[C@@H](Cc1cnc[nH]1)C(=O)N[C@H](C(=O)N[C@@H](Cc1ccccc1)C(=O)NCC(N)=O)[C@@H](C)O. The molecule has 0 unspecified atom stereocenters. The van der Waals surface area contributed by atoms with Crippen LogP contribution in [0.1, 0.15) is 86.7 Å². The highest BCUT2D eigenvalue weighted by molar-refractivity contribution is 7.80. The summed E-state index contributed by atoms with van der Waals surface area (Å²) in [4.78, 5) is 297. The Morgan fingerprint density at radius 3 is 1.16 bits per heavy atom. The number of amides is 18. The highest BCUT2D eigenvalue weighted by atomic mass is 32.1. The summed E-state index contributed by atoms with van der Waals surface area (Å²) in [6.45, 7) is -0.290. The number of aliphatic hydroxyl groups is 1. The molecule has 0 aliphatic carbocycles. The number of aliphatic carboxylic acids is 3. The van der Waals surface area contributed by atoms with Crippen LogP contribution < -0.4 is 96.5 Å². The van der Waals surface area contributed by atoms with E-state index in [9.17, 15) is 112 Å². The minimum absolute atomic E-state index is 0.144. The van der Waals surface area contributed by atoms with Gasteiger partial charge in [0.1, 0.15) is 78.3 Å². The third-order valence-electron chi connectivity index (χ3n) is 20.4. The fraction of sp³-hybridized carbons (Fsp3) is 0.388.